The lowest BCUT2D eigenvalue weighted by atomic mass is 10.2. The summed E-state index contributed by atoms with van der Waals surface area (Å²) in [7, 11) is 0. The van der Waals surface area contributed by atoms with Crippen LogP contribution in [0, 0.1) is 0 Å². The van der Waals surface area contributed by atoms with E-state index in [9.17, 15) is 0 Å². The maximum absolute atomic E-state index is 8.87. The predicted octanol–water partition coefficient (Wildman–Crippen LogP) is -0.920. The van der Waals surface area contributed by atoms with Gasteiger partial charge in [0.25, 0.3) is 0 Å². The molecule has 0 spiro atoms. The molecule has 4 nitrogen and oxygen atoms in total. The molecule has 4 atom stereocenters. The molecule has 0 amide bonds. The Morgan fingerprint density at radius 2 is 2.36 bits per heavy atom. The van der Waals surface area contributed by atoms with Gasteiger partial charge >= 0.3 is 0 Å². The highest BCUT2D eigenvalue weighted by molar-refractivity contribution is 4.87. The molecule has 0 aromatic heterocycles. The van der Waals surface area contributed by atoms with Gasteiger partial charge in [-0.2, -0.15) is 0 Å². The number of ether oxygens (including phenoxy) is 2. The number of rotatable bonds is 1. The van der Waals surface area contributed by atoms with Gasteiger partial charge < -0.3 is 19.9 Å². The molecular weight excluding hydrogens is 146 g/mol. The highest BCUT2D eigenvalue weighted by Gasteiger charge is 2.41. The van der Waals surface area contributed by atoms with E-state index in [2.05, 4.69) is 5.32 Å². The van der Waals surface area contributed by atoms with Gasteiger partial charge in [0.05, 0.1) is 12.6 Å². The highest BCUT2D eigenvalue weighted by Crippen LogP contribution is 2.24. The summed E-state index contributed by atoms with van der Waals surface area (Å²) in [6.45, 7) is 2.85. The van der Waals surface area contributed by atoms with Gasteiger partial charge in [-0.25, -0.2) is 0 Å². The molecule has 0 aromatic rings. The first-order valence-electron chi connectivity index (χ1n) is 3.96. The van der Waals surface area contributed by atoms with Crippen LogP contribution in [0.1, 0.15) is 6.92 Å². The van der Waals surface area contributed by atoms with E-state index in [0.717, 1.165) is 6.54 Å². The Balaban J connectivity index is 2.03. The van der Waals surface area contributed by atoms with E-state index < -0.39 is 0 Å². The van der Waals surface area contributed by atoms with E-state index in [0.29, 0.717) is 0 Å². The smallest absolute Gasteiger partial charge is 0.173 e. The van der Waals surface area contributed by atoms with Gasteiger partial charge in [0, 0.05) is 6.54 Å². The lowest BCUT2D eigenvalue weighted by molar-refractivity contribution is -0.103. The summed E-state index contributed by atoms with van der Waals surface area (Å²) in [4.78, 5) is 0. The van der Waals surface area contributed by atoms with Gasteiger partial charge in [0.1, 0.15) is 12.2 Å². The molecule has 0 radical (unpaired) electrons. The van der Waals surface area contributed by atoms with Gasteiger partial charge in [0.2, 0.25) is 0 Å². The van der Waals surface area contributed by atoms with Crippen molar-refractivity contribution in [2.75, 3.05) is 13.2 Å². The van der Waals surface area contributed by atoms with Crippen molar-refractivity contribution in [2.24, 2.45) is 0 Å². The monoisotopic (exact) mass is 159 g/mol. The van der Waals surface area contributed by atoms with Crippen LogP contribution in [0.3, 0.4) is 0 Å². The number of fused-ring (bicyclic) bond motifs is 2. The third-order valence-electron chi connectivity index (χ3n) is 2.26. The van der Waals surface area contributed by atoms with Crippen LogP contribution in [0.5, 0.6) is 0 Å². The van der Waals surface area contributed by atoms with Crippen molar-refractivity contribution in [3.63, 3.8) is 0 Å². The molecule has 64 valence electrons. The average Bonchev–Trinajstić information content (AvgIpc) is 2.37. The van der Waals surface area contributed by atoms with Crippen molar-refractivity contribution in [1.29, 1.82) is 0 Å². The van der Waals surface area contributed by atoms with Crippen molar-refractivity contribution in [3.05, 3.63) is 0 Å². The first-order chi connectivity index (χ1) is 5.31. The molecule has 2 bridgehead atoms. The molecule has 2 N–H and O–H groups in total. The zero-order chi connectivity index (χ0) is 7.84. The second-order valence-corrected chi connectivity index (χ2v) is 3.10. The lowest BCUT2D eigenvalue weighted by Crippen LogP contribution is -2.47. The first kappa shape index (κ1) is 7.49. The summed E-state index contributed by atoms with van der Waals surface area (Å²) < 4.78 is 10.9. The Morgan fingerprint density at radius 1 is 1.55 bits per heavy atom. The Kier molecular flexibility index (Phi) is 1.85. The summed E-state index contributed by atoms with van der Waals surface area (Å²) in [5.74, 6) is 0. The Labute approximate surface area is 65.5 Å². The van der Waals surface area contributed by atoms with Crippen molar-refractivity contribution < 1.29 is 14.6 Å². The largest absolute Gasteiger partial charge is 0.394 e. The van der Waals surface area contributed by atoms with E-state index in [-0.39, 0.29) is 31.1 Å². The van der Waals surface area contributed by atoms with Gasteiger partial charge in [0.15, 0.2) is 6.29 Å². The standard InChI is InChI=1S/C7H13NO3/c1-4-7-10-5(2-8-4)6(3-9)11-7/h4-9H,2-3H2,1H3/t4-,5+,6-,7+/m1/s1. The van der Waals surface area contributed by atoms with E-state index in [1.165, 1.54) is 0 Å². The van der Waals surface area contributed by atoms with E-state index >= 15 is 0 Å². The van der Waals surface area contributed by atoms with Crippen LogP contribution in [-0.2, 0) is 9.47 Å². The van der Waals surface area contributed by atoms with Crippen LogP contribution >= 0.6 is 0 Å². The van der Waals surface area contributed by atoms with Crippen LogP contribution in [0.2, 0.25) is 0 Å². The first-order valence-corrected chi connectivity index (χ1v) is 3.96. The topological polar surface area (TPSA) is 50.7 Å². The summed E-state index contributed by atoms with van der Waals surface area (Å²) >= 11 is 0. The number of morpholine rings is 1. The highest BCUT2D eigenvalue weighted by atomic mass is 16.7. The molecule has 2 fully saturated rings. The predicted molar refractivity (Wildman–Crippen MR) is 38.1 cm³/mol. The molecule has 2 heterocycles. The van der Waals surface area contributed by atoms with Crippen LogP contribution in [0.15, 0.2) is 0 Å². The number of hydrogen-bond donors (Lipinski definition) is 2. The van der Waals surface area contributed by atoms with Crippen molar-refractivity contribution in [2.45, 2.75) is 31.5 Å². The Bertz CT molecular complexity index is 153. The summed E-state index contributed by atoms with van der Waals surface area (Å²) in [6.07, 6.45) is -0.246. The second kappa shape index (κ2) is 2.71. The molecule has 0 unspecified atom stereocenters. The zero-order valence-electron chi connectivity index (χ0n) is 6.49. The molecule has 2 aliphatic heterocycles. The van der Waals surface area contributed by atoms with Gasteiger partial charge in [-0.15, -0.1) is 0 Å². The average molecular weight is 159 g/mol. The number of hydrogen-bond acceptors (Lipinski definition) is 4. The molecule has 4 heteroatoms. The van der Waals surface area contributed by atoms with Gasteiger partial charge in [-0.3, -0.25) is 0 Å². The Morgan fingerprint density at radius 3 is 3.00 bits per heavy atom. The zero-order valence-corrected chi connectivity index (χ0v) is 6.49. The van der Waals surface area contributed by atoms with E-state index in [1.54, 1.807) is 0 Å². The molecule has 0 aromatic carbocycles. The van der Waals surface area contributed by atoms with Crippen molar-refractivity contribution >= 4 is 0 Å². The lowest BCUT2D eigenvalue weighted by Gasteiger charge is -2.25. The molecule has 2 aliphatic rings. The molecular formula is C7H13NO3. The van der Waals surface area contributed by atoms with Crippen LogP contribution < -0.4 is 5.32 Å². The quantitative estimate of drug-likeness (QED) is 0.519. The summed E-state index contributed by atoms with van der Waals surface area (Å²) in [5.41, 5.74) is 0. The van der Waals surface area contributed by atoms with Crippen molar-refractivity contribution in [3.8, 4) is 0 Å². The maximum Gasteiger partial charge on any atom is 0.173 e. The molecule has 0 saturated carbocycles. The number of aliphatic hydroxyl groups excluding tert-OH is 1. The molecule has 2 saturated heterocycles. The minimum atomic E-state index is -0.161. The summed E-state index contributed by atoms with van der Waals surface area (Å²) in [5, 5.41) is 12.1. The van der Waals surface area contributed by atoms with E-state index in [4.69, 9.17) is 14.6 Å². The minimum Gasteiger partial charge on any atom is -0.394 e. The fourth-order valence-corrected chi connectivity index (χ4v) is 1.53. The normalized spacial score (nSPS) is 49.6. The van der Waals surface area contributed by atoms with Crippen LogP contribution in [0.25, 0.3) is 0 Å². The molecule has 2 rings (SSSR count). The maximum atomic E-state index is 8.87. The SMILES string of the molecule is C[C@H]1NC[C@@H]2O[C@H]1O[C@@H]2CO. The fraction of sp³-hybridized carbons (Fsp3) is 1.00. The van der Waals surface area contributed by atoms with Gasteiger partial charge in [-0.1, -0.05) is 0 Å². The van der Waals surface area contributed by atoms with Crippen LogP contribution in [0.4, 0.5) is 0 Å². The number of aliphatic hydroxyl groups is 1. The van der Waals surface area contributed by atoms with Gasteiger partial charge in [-0.05, 0) is 6.92 Å². The minimum absolute atomic E-state index is 0.0428. The van der Waals surface area contributed by atoms with E-state index in [1.807, 2.05) is 6.92 Å². The summed E-state index contributed by atoms with van der Waals surface area (Å²) in [6, 6.07) is 0.239. The molecule has 0 aliphatic carbocycles. The third kappa shape index (κ3) is 1.16. The van der Waals surface area contributed by atoms with Crippen molar-refractivity contribution in [1.82, 2.24) is 5.32 Å². The third-order valence-corrected chi connectivity index (χ3v) is 2.26. The van der Waals surface area contributed by atoms with Crippen LogP contribution in [-0.4, -0.2) is 42.8 Å². The Hall–Kier alpha value is -0.160. The fourth-order valence-electron chi connectivity index (χ4n) is 1.53. The molecule has 11 heavy (non-hydrogen) atoms. The number of nitrogens with one attached hydrogen (secondary N) is 1. The second-order valence-electron chi connectivity index (χ2n) is 3.10.